The van der Waals surface area contributed by atoms with Crippen molar-refractivity contribution in [3.63, 3.8) is 0 Å². The van der Waals surface area contributed by atoms with Crippen LogP contribution in [0, 0.1) is 6.92 Å². The standard InChI is InChI=1S/C22H26N4/c1-4-26(17-20-13-9-6-10-14-20)22-15-21(23-18(2)24-22)25(3)16-19-11-7-5-8-12-19/h5-15H,4,16-17H2,1-3H3. The normalized spacial score (nSPS) is 10.6. The lowest BCUT2D eigenvalue weighted by atomic mass is 10.2. The summed E-state index contributed by atoms with van der Waals surface area (Å²) >= 11 is 0. The average molecular weight is 346 g/mol. The van der Waals surface area contributed by atoms with E-state index in [0.29, 0.717) is 0 Å². The van der Waals surface area contributed by atoms with Gasteiger partial charge in [0.2, 0.25) is 0 Å². The number of nitrogens with zero attached hydrogens (tertiary/aromatic N) is 4. The molecule has 1 heterocycles. The summed E-state index contributed by atoms with van der Waals surface area (Å²) in [6, 6.07) is 23.0. The molecule has 0 aliphatic heterocycles. The van der Waals surface area contributed by atoms with Crippen LogP contribution in [0.4, 0.5) is 11.6 Å². The van der Waals surface area contributed by atoms with Gasteiger partial charge in [-0.2, -0.15) is 0 Å². The molecule has 1 aromatic heterocycles. The van der Waals surface area contributed by atoms with E-state index in [2.05, 4.69) is 88.3 Å². The van der Waals surface area contributed by atoms with Gasteiger partial charge in [-0.15, -0.1) is 0 Å². The molecule has 0 aliphatic carbocycles. The van der Waals surface area contributed by atoms with Gasteiger partial charge in [0.15, 0.2) is 0 Å². The number of rotatable bonds is 7. The van der Waals surface area contributed by atoms with Gasteiger partial charge in [-0.3, -0.25) is 0 Å². The van der Waals surface area contributed by atoms with E-state index in [1.165, 1.54) is 11.1 Å². The summed E-state index contributed by atoms with van der Waals surface area (Å²) in [7, 11) is 2.08. The molecule has 0 bridgehead atoms. The Morgan fingerprint density at radius 2 is 1.31 bits per heavy atom. The van der Waals surface area contributed by atoms with Crippen molar-refractivity contribution < 1.29 is 0 Å². The van der Waals surface area contributed by atoms with E-state index in [4.69, 9.17) is 0 Å². The maximum absolute atomic E-state index is 4.68. The Morgan fingerprint density at radius 1 is 0.769 bits per heavy atom. The highest BCUT2D eigenvalue weighted by Gasteiger charge is 2.12. The van der Waals surface area contributed by atoms with Crippen LogP contribution in [0.5, 0.6) is 0 Å². The molecular weight excluding hydrogens is 320 g/mol. The van der Waals surface area contributed by atoms with Crippen LogP contribution in [0.15, 0.2) is 66.7 Å². The molecule has 0 radical (unpaired) electrons. The summed E-state index contributed by atoms with van der Waals surface area (Å²) in [6.07, 6.45) is 0. The highest BCUT2D eigenvalue weighted by atomic mass is 15.2. The van der Waals surface area contributed by atoms with Crippen molar-refractivity contribution in [2.24, 2.45) is 0 Å². The number of aryl methyl sites for hydroxylation is 1. The van der Waals surface area contributed by atoms with Gasteiger partial charge >= 0.3 is 0 Å². The van der Waals surface area contributed by atoms with E-state index < -0.39 is 0 Å². The van der Waals surface area contributed by atoms with Crippen molar-refractivity contribution in [2.75, 3.05) is 23.4 Å². The van der Waals surface area contributed by atoms with Gasteiger partial charge in [0.25, 0.3) is 0 Å². The Bertz CT molecular complexity index is 818. The highest BCUT2D eigenvalue weighted by Crippen LogP contribution is 2.21. The van der Waals surface area contributed by atoms with Gasteiger partial charge < -0.3 is 9.80 Å². The third kappa shape index (κ3) is 4.60. The first-order chi connectivity index (χ1) is 12.7. The Balaban J connectivity index is 1.81. The van der Waals surface area contributed by atoms with Crippen LogP contribution in [0.3, 0.4) is 0 Å². The van der Waals surface area contributed by atoms with Gasteiger partial charge in [0.1, 0.15) is 17.5 Å². The molecular formula is C22H26N4. The molecule has 0 saturated heterocycles. The van der Waals surface area contributed by atoms with E-state index in [1.807, 2.05) is 19.1 Å². The van der Waals surface area contributed by atoms with Crippen molar-refractivity contribution in [1.29, 1.82) is 0 Å². The molecule has 0 saturated carbocycles. The molecule has 3 aromatic rings. The first-order valence-corrected chi connectivity index (χ1v) is 9.05. The molecule has 3 rings (SSSR count). The average Bonchev–Trinajstić information content (AvgIpc) is 2.67. The second-order valence-electron chi connectivity index (χ2n) is 6.47. The van der Waals surface area contributed by atoms with Crippen LogP contribution in [0.25, 0.3) is 0 Å². The number of hydrogen-bond donors (Lipinski definition) is 0. The van der Waals surface area contributed by atoms with E-state index in [0.717, 1.165) is 37.1 Å². The van der Waals surface area contributed by atoms with Crippen LogP contribution in [0.1, 0.15) is 23.9 Å². The summed E-state index contributed by atoms with van der Waals surface area (Å²) in [4.78, 5) is 13.8. The molecule has 4 nitrogen and oxygen atoms in total. The summed E-state index contributed by atoms with van der Waals surface area (Å²) in [5.41, 5.74) is 2.55. The number of anilines is 2. The van der Waals surface area contributed by atoms with Gasteiger partial charge in [-0.05, 0) is 25.0 Å². The fourth-order valence-electron chi connectivity index (χ4n) is 2.99. The summed E-state index contributed by atoms with van der Waals surface area (Å²) in [5, 5.41) is 0. The third-order valence-corrected chi connectivity index (χ3v) is 4.39. The molecule has 0 atom stereocenters. The zero-order valence-corrected chi connectivity index (χ0v) is 15.8. The minimum Gasteiger partial charge on any atom is -0.355 e. The summed E-state index contributed by atoms with van der Waals surface area (Å²) in [6.45, 7) is 6.68. The van der Waals surface area contributed by atoms with Crippen LogP contribution in [-0.2, 0) is 13.1 Å². The molecule has 0 fully saturated rings. The largest absolute Gasteiger partial charge is 0.355 e. The van der Waals surface area contributed by atoms with Crippen LogP contribution >= 0.6 is 0 Å². The van der Waals surface area contributed by atoms with Crippen molar-refractivity contribution in [3.8, 4) is 0 Å². The molecule has 0 spiro atoms. The lowest BCUT2D eigenvalue weighted by molar-refractivity contribution is 0.797. The van der Waals surface area contributed by atoms with Crippen LogP contribution < -0.4 is 9.80 Å². The van der Waals surface area contributed by atoms with Crippen molar-refractivity contribution in [1.82, 2.24) is 9.97 Å². The Morgan fingerprint density at radius 3 is 1.88 bits per heavy atom. The van der Waals surface area contributed by atoms with E-state index in [9.17, 15) is 0 Å². The predicted molar refractivity (Wildman–Crippen MR) is 108 cm³/mol. The monoisotopic (exact) mass is 346 g/mol. The van der Waals surface area contributed by atoms with Gasteiger partial charge in [-0.1, -0.05) is 60.7 Å². The number of benzene rings is 2. The molecule has 0 aliphatic rings. The van der Waals surface area contributed by atoms with Gasteiger partial charge in [-0.25, -0.2) is 9.97 Å². The predicted octanol–water partition coefficient (Wildman–Crippen LogP) is 4.45. The van der Waals surface area contributed by atoms with Crippen molar-refractivity contribution >= 4 is 11.6 Å². The smallest absolute Gasteiger partial charge is 0.134 e. The molecule has 0 amide bonds. The first-order valence-electron chi connectivity index (χ1n) is 9.05. The van der Waals surface area contributed by atoms with Crippen molar-refractivity contribution in [2.45, 2.75) is 26.9 Å². The quantitative estimate of drug-likeness (QED) is 0.633. The summed E-state index contributed by atoms with van der Waals surface area (Å²) in [5.74, 6) is 2.71. The van der Waals surface area contributed by atoms with Crippen LogP contribution in [0.2, 0.25) is 0 Å². The van der Waals surface area contributed by atoms with Crippen LogP contribution in [-0.4, -0.2) is 23.6 Å². The van der Waals surface area contributed by atoms with E-state index >= 15 is 0 Å². The van der Waals surface area contributed by atoms with Crippen molar-refractivity contribution in [3.05, 3.63) is 83.7 Å². The Labute approximate surface area is 156 Å². The fraction of sp³-hybridized carbons (Fsp3) is 0.273. The van der Waals surface area contributed by atoms with Gasteiger partial charge in [0.05, 0.1) is 0 Å². The third-order valence-electron chi connectivity index (χ3n) is 4.39. The molecule has 0 N–H and O–H groups in total. The zero-order chi connectivity index (χ0) is 18.4. The fourth-order valence-corrected chi connectivity index (χ4v) is 2.99. The van der Waals surface area contributed by atoms with E-state index in [-0.39, 0.29) is 0 Å². The molecule has 2 aromatic carbocycles. The molecule has 134 valence electrons. The molecule has 4 heteroatoms. The summed E-state index contributed by atoms with van der Waals surface area (Å²) < 4.78 is 0. The minimum absolute atomic E-state index is 0.795. The molecule has 26 heavy (non-hydrogen) atoms. The number of aromatic nitrogens is 2. The highest BCUT2D eigenvalue weighted by molar-refractivity contribution is 5.51. The maximum atomic E-state index is 4.68. The Kier molecular flexibility index (Phi) is 5.84. The second kappa shape index (κ2) is 8.48. The SMILES string of the molecule is CCN(Cc1ccccc1)c1cc(N(C)Cc2ccccc2)nc(C)n1. The van der Waals surface area contributed by atoms with E-state index in [1.54, 1.807) is 0 Å². The van der Waals surface area contributed by atoms with Gasteiger partial charge in [0, 0.05) is 32.7 Å². The number of hydrogen-bond acceptors (Lipinski definition) is 4. The zero-order valence-electron chi connectivity index (χ0n) is 15.8. The minimum atomic E-state index is 0.795. The molecule has 0 unspecified atom stereocenters. The first kappa shape index (κ1) is 17.9. The lowest BCUT2D eigenvalue weighted by Crippen LogP contribution is -2.25. The second-order valence-corrected chi connectivity index (χ2v) is 6.47. The topological polar surface area (TPSA) is 32.3 Å². The lowest BCUT2D eigenvalue weighted by Gasteiger charge is -2.25. The maximum Gasteiger partial charge on any atom is 0.134 e. The Hall–Kier alpha value is -2.88.